The van der Waals surface area contributed by atoms with Crippen LogP contribution in [0.5, 0.6) is 11.5 Å². The van der Waals surface area contributed by atoms with Gasteiger partial charge in [-0.1, -0.05) is 48.0 Å². The Kier molecular flexibility index (Phi) is 6.43. The number of carbonyl (C=O) groups excluding carboxylic acids is 1. The van der Waals surface area contributed by atoms with Gasteiger partial charge in [-0.25, -0.2) is 8.42 Å². The predicted molar refractivity (Wildman–Crippen MR) is 121 cm³/mol. The number of carbonyl (C=O) groups is 1. The number of rotatable bonds is 7. The molecule has 8 heteroatoms. The topological polar surface area (TPSA) is 93.7 Å². The number of aryl methyl sites for hydroxylation is 1. The molecule has 0 saturated heterocycles. The van der Waals surface area contributed by atoms with E-state index >= 15 is 0 Å². The summed E-state index contributed by atoms with van der Waals surface area (Å²) in [4.78, 5) is 13.2. The normalized spacial score (nSPS) is 13.9. The van der Waals surface area contributed by atoms with Gasteiger partial charge in [-0.3, -0.25) is 4.79 Å². The average molecular weight is 453 g/mol. The summed E-state index contributed by atoms with van der Waals surface area (Å²) in [6, 6.07) is 19.8. The molecule has 1 atom stereocenters. The first kappa shape index (κ1) is 21.9. The molecular formula is C24H24N2O5S. The second-order valence-corrected chi connectivity index (χ2v) is 9.24. The maximum atomic E-state index is 13.1. The molecule has 0 spiro atoms. The number of hydrogen-bond acceptors (Lipinski definition) is 5. The third kappa shape index (κ3) is 5.27. The first-order valence-electron chi connectivity index (χ1n) is 10.2. The van der Waals surface area contributed by atoms with E-state index in [2.05, 4.69) is 10.0 Å². The van der Waals surface area contributed by atoms with Crippen LogP contribution < -0.4 is 19.5 Å². The van der Waals surface area contributed by atoms with Crippen LogP contribution in [-0.4, -0.2) is 33.6 Å². The second kappa shape index (κ2) is 9.42. The zero-order valence-corrected chi connectivity index (χ0v) is 18.4. The highest BCUT2D eigenvalue weighted by Crippen LogP contribution is 2.32. The van der Waals surface area contributed by atoms with Crippen LogP contribution in [0, 0.1) is 6.92 Å². The smallest absolute Gasteiger partial charge is 0.242 e. The number of benzene rings is 3. The first-order chi connectivity index (χ1) is 15.4. The van der Waals surface area contributed by atoms with Crippen molar-refractivity contribution in [1.29, 1.82) is 0 Å². The predicted octanol–water partition coefficient (Wildman–Crippen LogP) is 3.29. The van der Waals surface area contributed by atoms with Crippen LogP contribution in [-0.2, 0) is 21.2 Å². The van der Waals surface area contributed by atoms with Gasteiger partial charge < -0.3 is 14.8 Å². The summed E-state index contributed by atoms with van der Waals surface area (Å²) in [6.07, 6.45) is 0.197. The minimum Gasteiger partial charge on any atom is -0.486 e. The Hall–Kier alpha value is -3.36. The van der Waals surface area contributed by atoms with Crippen molar-refractivity contribution >= 4 is 21.6 Å². The Morgan fingerprint density at radius 1 is 0.938 bits per heavy atom. The van der Waals surface area contributed by atoms with Crippen molar-refractivity contribution in [2.75, 3.05) is 18.5 Å². The number of fused-ring (bicyclic) bond motifs is 1. The van der Waals surface area contributed by atoms with Gasteiger partial charge in [0.25, 0.3) is 0 Å². The molecule has 1 amide bonds. The summed E-state index contributed by atoms with van der Waals surface area (Å²) in [7, 11) is -3.90. The van der Waals surface area contributed by atoms with Gasteiger partial charge in [0.1, 0.15) is 19.3 Å². The maximum Gasteiger partial charge on any atom is 0.242 e. The Balaban J connectivity index is 1.57. The lowest BCUT2D eigenvalue weighted by atomic mass is 10.1. The van der Waals surface area contributed by atoms with Gasteiger partial charge in [0.05, 0.1) is 4.90 Å². The lowest BCUT2D eigenvalue weighted by Crippen LogP contribution is -2.45. The maximum absolute atomic E-state index is 13.1. The SMILES string of the molecule is Cc1ccc(S(=O)(=O)NC(Cc2ccccc2)C(=O)Nc2ccc3c(c2)OCCO3)cc1. The van der Waals surface area contributed by atoms with Crippen molar-refractivity contribution in [3.8, 4) is 11.5 Å². The molecule has 2 N–H and O–H groups in total. The van der Waals surface area contributed by atoms with Crippen molar-refractivity contribution in [1.82, 2.24) is 4.72 Å². The molecule has 0 aromatic heterocycles. The molecule has 1 aliphatic heterocycles. The quantitative estimate of drug-likeness (QED) is 0.574. The molecule has 0 bridgehead atoms. The molecule has 0 radical (unpaired) electrons. The second-order valence-electron chi connectivity index (χ2n) is 7.52. The van der Waals surface area contributed by atoms with E-state index in [9.17, 15) is 13.2 Å². The third-order valence-electron chi connectivity index (χ3n) is 5.04. The van der Waals surface area contributed by atoms with Crippen molar-refractivity contribution in [3.05, 3.63) is 83.9 Å². The van der Waals surface area contributed by atoms with Crippen LogP contribution in [0.1, 0.15) is 11.1 Å². The number of ether oxygens (including phenoxy) is 2. The van der Waals surface area contributed by atoms with Gasteiger partial charge in [0.15, 0.2) is 11.5 Å². The highest BCUT2D eigenvalue weighted by molar-refractivity contribution is 7.89. The summed E-state index contributed by atoms with van der Waals surface area (Å²) in [5, 5.41) is 2.79. The van der Waals surface area contributed by atoms with Crippen LogP contribution in [0.3, 0.4) is 0 Å². The van der Waals surface area contributed by atoms with Crippen LogP contribution in [0.25, 0.3) is 0 Å². The molecule has 3 aromatic rings. The minimum absolute atomic E-state index is 0.105. The molecule has 0 aliphatic carbocycles. The van der Waals surface area contributed by atoms with Gasteiger partial charge in [0, 0.05) is 11.8 Å². The van der Waals surface area contributed by atoms with Crippen molar-refractivity contribution in [2.45, 2.75) is 24.3 Å². The van der Waals surface area contributed by atoms with Crippen molar-refractivity contribution in [3.63, 3.8) is 0 Å². The van der Waals surface area contributed by atoms with Crippen molar-refractivity contribution < 1.29 is 22.7 Å². The minimum atomic E-state index is -3.90. The average Bonchev–Trinajstić information content (AvgIpc) is 2.79. The molecule has 1 aliphatic rings. The van der Waals surface area contributed by atoms with Gasteiger partial charge in [0.2, 0.25) is 15.9 Å². The van der Waals surface area contributed by atoms with Gasteiger partial charge in [-0.15, -0.1) is 0 Å². The molecule has 4 rings (SSSR count). The first-order valence-corrected chi connectivity index (χ1v) is 11.7. The molecule has 7 nitrogen and oxygen atoms in total. The van der Waals surface area contributed by atoms with E-state index in [1.807, 2.05) is 37.3 Å². The number of sulfonamides is 1. The Labute approximate surface area is 187 Å². The summed E-state index contributed by atoms with van der Waals surface area (Å²) < 4.78 is 39.6. The summed E-state index contributed by atoms with van der Waals surface area (Å²) in [5.41, 5.74) is 2.27. The Morgan fingerprint density at radius 2 is 1.62 bits per heavy atom. The van der Waals surface area contributed by atoms with Gasteiger partial charge >= 0.3 is 0 Å². The fourth-order valence-electron chi connectivity index (χ4n) is 3.36. The molecule has 0 saturated carbocycles. The highest BCUT2D eigenvalue weighted by Gasteiger charge is 2.26. The van der Waals surface area contributed by atoms with Crippen LogP contribution in [0.15, 0.2) is 77.7 Å². The molecule has 166 valence electrons. The summed E-state index contributed by atoms with van der Waals surface area (Å²) in [5.74, 6) is 0.672. The zero-order valence-electron chi connectivity index (χ0n) is 17.6. The van der Waals surface area contributed by atoms with Gasteiger partial charge in [-0.05, 0) is 43.2 Å². The van der Waals surface area contributed by atoms with E-state index in [4.69, 9.17) is 9.47 Å². The molecule has 3 aromatic carbocycles. The lowest BCUT2D eigenvalue weighted by molar-refractivity contribution is -0.117. The number of amides is 1. The largest absolute Gasteiger partial charge is 0.486 e. The highest BCUT2D eigenvalue weighted by atomic mass is 32.2. The van der Waals surface area contributed by atoms with E-state index in [-0.39, 0.29) is 11.3 Å². The van der Waals surface area contributed by atoms with E-state index in [0.29, 0.717) is 30.4 Å². The van der Waals surface area contributed by atoms with Crippen LogP contribution >= 0.6 is 0 Å². The number of anilines is 1. The molecule has 0 fully saturated rings. The summed E-state index contributed by atoms with van der Waals surface area (Å²) in [6.45, 7) is 2.78. The van der Waals surface area contributed by atoms with Crippen LogP contribution in [0.4, 0.5) is 5.69 Å². The summed E-state index contributed by atoms with van der Waals surface area (Å²) >= 11 is 0. The molecule has 1 heterocycles. The number of nitrogens with one attached hydrogen (secondary N) is 2. The standard InChI is InChI=1S/C24H24N2O5S/c1-17-7-10-20(11-8-17)32(28,29)26-21(15-18-5-3-2-4-6-18)24(27)25-19-9-12-22-23(16-19)31-14-13-30-22/h2-12,16,21,26H,13-15H2,1H3,(H,25,27). The molecule has 1 unspecified atom stereocenters. The van der Waals surface area contributed by atoms with Crippen molar-refractivity contribution in [2.24, 2.45) is 0 Å². The molecular weight excluding hydrogens is 428 g/mol. The third-order valence-corrected chi connectivity index (χ3v) is 6.53. The van der Waals surface area contributed by atoms with Crippen LogP contribution in [0.2, 0.25) is 0 Å². The fourth-order valence-corrected chi connectivity index (χ4v) is 4.56. The number of hydrogen-bond donors (Lipinski definition) is 2. The monoisotopic (exact) mass is 452 g/mol. The Morgan fingerprint density at radius 3 is 2.34 bits per heavy atom. The lowest BCUT2D eigenvalue weighted by Gasteiger charge is -2.21. The van der Waals surface area contributed by atoms with E-state index in [1.54, 1.807) is 30.3 Å². The van der Waals surface area contributed by atoms with E-state index in [0.717, 1.165) is 11.1 Å². The fraction of sp³-hybridized carbons (Fsp3) is 0.208. The molecule has 32 heavy (non-hydrogen) atoms. The zero-order chi connectivity index (χ0) is 22.6. The Bertz CT molecular complexity index is 1190. The van der Waals surface area contributed by atoms with Gasteiger partial charge in [-0.2, -0.15) is 4.72 Å². The van der Waals surface area contributed by atoms with E-state index in [1.165, 1.54) is 12.1 Å². The van der Waals surface area contributed by atoms with E-state index < -0.39 is 22.0 Å².